The fraction of sp³-hybridized carbons (Fsp3) is 1.00. The first-order chi connectivity index (χ1) is 7.64. The second-order valence-electron chi connectivity index (χ2n) is 5.56. The zero-order valence-corrected chi connectivity index (χ0v) is 11.5. The van der Waals surface area contributed by atoms with E-state index >= 15 is 0 Å². The molecule has 0 aromatic carbocycles. The molecule has 1 heterocycles. The van der Waals surface area contributed by atoms with Gasteiger partial charge in [-0.1, -0.05) is 13.8 Å². The van der Waals surface area contributed by atoms with Crippen molar-refractivity contribution >= 4 is 11.6 Å². The first kappa shape index (κ1) is 14.3. The van der Waals surface area contributed by atoms with Gasteiger partial charge in [-0.05, 0) is 44.1 Å². The van der Waals surface area contributed by atoms with E-state index in [-0.39, 0.29) is 0 Å². The molecule has 1 saturated heterocycles. The van der Waals surface area contributed by atoms with Gasteiger partial charge in [-0.2, -0.15) is 0 Å². The van der Waals surface area contributed by atoms with Crippen molar-refractivity contribution in [2.45, 2.75) is 52.1 Å². The van der Waals surface area contributed by atoms with Gasteiger partial charge in [0.1, 0.15) is 0 Å². The van der Waals surface area contributed by atoms with Gasteiger partial charge in [0.25, 0.3) is 0 Å². The summed E-state index contributed by atoms with van der Waals surface area (Å²) in [4.78, 5) is 0. The van der Waals surface area contributed by atoms with E-state index in [9.17, 15) is 0 Å². The summed E-state index contributed by atoms with van der Waals surface area (Å²) in [5.41, 5.74) is 0.325. The molecule has 3 heteroatoms. The number of ether oxygens (including phenoxy) is 1. The predicted octanol–water partition coefficient (Wildman–Crippen LogP) is 3.19. The molecule has 1 rings (SSSR count). The molecule has 0 saturated carbocycles. The van der Waals surface area contributed by atoms with Gasteiger partial charge < -0.3 is 10.1 Å². The quantitative estimate of drug-likeness (QED) is 0.526. The van der Waals surface area contributed by atoms with E-state index in [2.05, 4.69) is 19.2 Å². The minimum Gasteiger partial charge on any atom is -0.378 e. The lowest BCUT2D eigenvalue weighted by atomic mass is 9.90. The average Bonchev–Trinajstić information content (AvgIpc) is 2.69. The van der Waals surface area contributed by atoms with Crippen LogP contribution in [-0.2, 0) is 4.74 Å². The highest BCUT2D eigenvalue weighted by Gasteiger charge is 2.17. The Labute approximate surface area is 105 Å². The molecular weight excluding hydrogens is 222 g/mol. The number of nitrogens with one attached hydrogen (secondary N) is 1. The monoisotopic (exact) mass is 247 g/mol. The molecule has 1 aliphatic rings. The van der Waals surface area contributed by atoms with E-state index in [0.29, 0.717) is 11.5 Å². The second-order valence-corrected chi connectivity index (χ2v) is 5.94. The number of halogens is 1. The van der Waals surface area contributed by atoms with Crippen LogP contribution in [0.4, 0.5) is 0 Å². The lowest BCUT2D eigenvalue weighted by molar-refractivity contribution is 0.102. The molecule has 96 valence electrons. The van der Waals surface area contributed by atoms with Gasteiger partial charge in [-0.15, -0.1) is 11.6 Å². The van der Waals surface area contributed by atoms with Crippen LogP contribution in [0.5, 0.6) is 0 Å². The van der Waals surface area contributed by atoms with E-state index in [1.807, 2.05) is 0 Å². The molecule has 2 nitrogen and oxygen atoms in total. The van der Waals surface area contributed by atoms with Crippen molar-refractivity contribution in [3.8, 4) is 0 Å². The molecule has 0 aliphatic carbocycles. The maximum atomic E-state index is 5.77. The summed E-state index contributed by atoms with van der Waals surface area (Å²) in [5, 5.41) is 3.52. The molecule has 0 aromatic heterocycles. The molecule has 1 aliphatic heterocycles. The third-order valence-corrected chi connectivity index (χ3v) is 3.47. The first-order valence-electron chi connectivity index (χ1n) is 6.52. The summed E-state index contributed by atoms with van der Waals surface area (Å²) in [7, 11) is 0. The Morgan fingerprint density at radius 3 is 2.88 bits per heavy atom. The zero-order valence-electron chi connectivity index (χ0n) is 10.7. The zero-order chi connectivity index (χ0) is 11.9. The number of rotatable bonds is 8. The van der Waals surface area contributed by atoms with Crippen LogP contribution in [0.1, 0.15) is 46.0 Å². The lowest BCUT2D eigenvalue weighted by Crippen LogP contribution is -2.30. The van der Waals surface area contributed by atoms with Crippen molar-refractivity contribution in [2.24, 2.45) is 5.41 Å². The molecule has 16 heavy (non-hydrogen) atoms. The Morgan fingerprint density at radius 1 is 1.44 bits per heavy atom. The van der Waals surface area contributed by atoms with E-state index in [1.54, 1.807) is 0 Å². The van der Waals surface area contributed by atoms with Crippen LogP contribution in [0.25, 0.3) is 0 Å². The standard InChI is InChI=1S/C13H26ClNO/c1-13(2,7-8-14)11-15-9-3-5-12-6-4-10-16-12/h12,15H,3-11H2,1-2H3. The second kappa shape index (κ2) is 7.52. The molecule has 1 fully saturated rings. The summed E-state index contributed by atoms with van der Waals surface area (Å²) in [6.07, 6.45) is 6.56. The molecule has 1 N–H and O–H groups in total. The Kier molecular flexibility index (Phi) is 6.71. The van der Waals surface area contributed by atoms with Gasteiger partial charge >= 0.3 is 0 Å². The molecule has 0 radical (unpaired) electrons. The van der Waals surface area contributed by atoms with E-state index in [1.165, 1.54) is 25.7 Å². The minimum absolute atomic E-state index is 0.325. The molecule has 0 bridgehead atoms. The summed E-state index contributed by atoms with van der Waals surface area (Å²) in [6.45, 7) is 7.67. The van der Waals surface area contributed by atoms with Crippen LogP contribution >= 0.6 is 11.6 Å². The van der Waals surface area contributed by atoms with Crippen LogP contribution in [0.2, 0.25) is 0 Å². The maximum Gasteiger partial charge on any atom is 0.0576 e. The summed E-state index contributed by atoms with van der Waals surface area (Å²) >= 11 is 5.77. The Hall–Kier alpha value is 0.210. The molecule has 0 spiro atoms. The van der Waals surface area contributed by atoms with Crippen LogP contribution in [0.3, 0.4) is 0 Å². The molecular formula is C13H26ClNO. The molecule has 0 amide bonds. The maximum absolute atomic E-state index is 5.77. The minimum atomic E-state index is 0.325. The number of alkyl halides is 1. The highest BCUT2D eigenvalue weighted by molar-refractivity contribution is 6.17. The van der Waals surface area contributed by atoms with Crippen LogP contribution in [0, 0.1) is 5.41 Å². The topological polar surface area (TPSA) is 21.3 Å². The fourth-order valence-corrected chi connectivity index (χ4v) is 2.61. The average molecular weight is 248 g/mol. The van der Waals surface area contributed by atoms with Gasteiger partial charge in [-0.25, -0.2) is 0 Å². The first-order valence-corrected chi connectivity index (χ1v) is 7.06. The number of hydrogen-bond acceptors (Lipinski definition) is 2. The highest BCUT2D eigenvalue weighted by Crippen LogP contribution is 2.19. The Balaban J connectivity index is 1.94. The van der Waals surface area contributed by atoms with E-state index < -0.39 is 0 Å². The lowest BCUT2D eigenvalue weighted by Gasteiger charge is -2.24. The molecule has 1 atom stereocenters. The van der Waals surface area contributed by atoms with Crippen molar-refractivity contribution < 1.29 is 4.74 Å². The third-order valence-electron chi connectivity index (χ3n) is 3.28. The van der Waals surface area contributed by atoms with Gasteiger partial charge in [-0.3, -0.25) is 0 Å². The van der Waals surface area contributed by atoms with Gasteiger partial charge in [0, 0.05) is 19.0 Å². The van der Waals surface area contributed by atoms with Gasteiger partial charge in [0.15, 0.2) is 0 Å². The fourth-order valence-electron chi connectivity index (χ4n) is 2.10. The SMILES string of the molecule is CC(C)(CCCl)CNCCCC1CCCO1. The van der Waals surface area contributed by atoms with Crippen molar-refractivity contribution in [3.05, 3.63) is 0 Å². The predicted molar refractivity (Wildman–Crippen MR) is 70.2 cm³/mol. The van der Waals surface area contributed by atoms with Crippen molar-refractivity contribution in [3.63, 3.8) is 0 Å². The van der Waals surface area contributed by atoms with Crippen molar-refractivity contribution in [1.82, 2.24) is 5.32 Å². The smallest absolute Gasteiger partial charge is 0.0576 e. The molecule has 1 unspecified atom stereocenters. The van der Waals surface area contributed by atoms with E-state index in [4.69, 9.17) is 16.3 Å². The van der Waals surface area contributed by atoms with E-state index in [0.717, 1.165) is 32.0 Å². The summed E-state index contributed by atoms with van der Waals surface area (Å²) in [5.74, 6) is 0.755. The van der Waals surface area contributed by atoms with Crippen LogP contribution in [0.15, 0.2) is 0 Å². The summed E-state index contributed by atoms with van der Waals surface area (Å²) < 4.78 is 5.59. The Bertz CT molecular complexity index is 179. The van der Waals surface area contributed by atoms with Crippen molar-refractivity contribution in [2.75, 3.05) is 25.6 Å². The number of hydrogen-bond donors (Lipinski definition) is 1. The summed E-state index contributed by atoms with van der Waals surface area (Å²) in [6, 6.07) is 0. The Morgan fingerprint density at radius 2 is 2.25 bits per heavy atom. The normalized spacial score (nSPS) is 21.6. The molecule has 0 aromatic rings. The highest BCUT2D eigenvalue weighted by atomic mass is 35.5. The van der Waals surface area contributed by atoms with Gasteiger partial charge in [0.05, 0.1) is 6.10 Å². The van der Waals surface area contributed by atoms with Gasteiger partial charge in [0.2, 0.25) is 0 Å². The van der Waals surface area contributed by atoms with Crippen LogP contribution in [-0.4, -0.2) is 31.7 Å². The van der Waals surface area contributed by atoms with Crippen molar-refractivity contribution in [1.29, 1.82) is 0 Å². The van der Waals surface area contributed by atoms with Crippen LogP contribution < -0.4 is 5.32 Å². The third kappa shape index (κ3) is 6.07. The largest absolute Gasteiger partial charge is 0.378 e.